The molecule has 0 N–H and O–H groups in total. The fourth-order valence-corrected chi connectivity index (χ4v) is 3.15. The van der Waals surface area contributed by atoms with Gasteiger partial charge in [-0.25, -0.2) is 4.98 Å². The van der Waals surface area contributed by atoms with Crippen molar-refractivity contribution < 1.29 is 13.2 Å². The molecule has 2 aromatic heterocycles. The first-order valence-corrected chi connectivity index (χ1v) is 8.65. The normalized spacial score (nSPS) is 11.5. The van der Waals surface area contributed by atoms with Crippen molar-refractivity contribution in [3.63, 3.8) is 0 Å². The molecule has 1 aromatic carbocycles. The van der Waals surface area contributed by atoms with Crippen molar-refractivity contribution in [1.29, 1.82) is 0 Å². The molecular weight excluding hydrogens is 369 g/mol. The fourth-order valence-electron chi connectivity index (χ4n) is 2.16. The summed E-state index contributed by atoms with van der Waals surface area (Å²) in [5.74, 6) is 0.570. The highest BCUT2D eigenvalue weighted by atomic mass is 35.5. The third-order valence-electron chi connectivity index (χ3n) is 3.44. The molecule has 3 rings (SSSR count). The van der Waals surface area contributed by atoms with Crippen LogP contribution in [0.2, 0.25) is 5.15 Å². The summed E-state index contributed by atoms with van der Waals surface area (Å²) in [6, 6.07) is 14.1. The average molecular weight is 381 g/mol. The first kappa shape index (κ1) is 17.8. The summed E-state index contributed by atoms with van der Waals surface area (Å²) in [5, 5.41) is 0.437. The zero-order valence-corrected chi connectivity index (χ0v) is 14.4. The summed E-state index contributed by atoms with van der Waals surface area (Å²) >= 11 is 7.11. The number of halogens is 4. The molecule has 0 atom stereocenters. The second-order valence-electron chi connectivity index (χ2n) is 5.23. The van der Waals surface area contributed by atoms with Gasteiger partial charge in [-0.2, -0.15) is 13.2 Å². The van der Waals surface area contributed by atoms with Gasteiger partial charge in [0.15, 0.2) is 0 Å². The lowest BCUT2D eigenvalue weighted by Gasteiger charge is -2.08. The third kappa shape index (κ3) is 4.74. The first-order valence-electron chi connectivity index (χ1n) is 7.29. The highest BCUT2D eigenvalue weighted by Gasteiger charge is 2.32. The van der Waals surface area contributed by atoms with Crippen molar-refractivity contribution in [2.24, 2.45) is 0 Å². The topological polar surface area (TPSA) is 25.8 Å². The van der Waals surface area contributed by atoms with E-state index in [0.29, 0.717) is 15.8 Å². The maximum absolute atomic E-state index is 12.7. The van der Waals surface area contributed by atoms with E-state index in [1.165, 1.54) is 18.0 Å². The minimum Gasteiger partial charge on any atom is -0.252 e. The number of aromatic nitrogens is 2. The molecule has 0 saturated carbocycles. The third-order valence-corrected chi connectivity index (χ3v) is 4.73. The molecule has 2 heterocycles. The maximum atomic E-state index is 12.7. The zero-order chi connectivity index (χ0) is 17.9. The lowest BCUT2D eigenvalue weighted by atomic mass is 10.1. The van der Waals surface area contributed by atoms with Crippen LogP contribution in [0.15, 0.2) is 65.8 Å². The molecule has 0 aliphatic carbocycles. The Bertz CT molecular complexity index is 849. The number of nitrogens with zero attached hydrogens (tertiary/aromatic N) is 2. The van der Waals surface area contributed by atoms with Gasteiger partial charge in [0.2, 0.25) is 0 Å². The molecular formula is C18H12ClF3N2S. The Morgan fingerprint density at radius 1 is 0.920 bits per heavy atom. The van der Waals surface area contributed by atoms with Gasteiger partial charge < -0.3 is 0 Å². The van der Waals surface area contributed by atoms with Gasteiger partial charge in [0.25, 0.3) is 0 Å². The zero-order valence-electron chi connectivity index (χ0n) is 12.8. The van der Waals surface area contributed by atoms with Crippen LogP contribution in [0.1, 0.15) is 11.3 Å². The quantitative estimate of drug-likeness (QED) is 0.403. The van der Waals surface area contributed by atoms with Crippen LogP contribution in [0.4, 0.5) is 13.2 Å². The molecule has 25 heavy (non-hydrogen) atoms. The van der Waals surface area contributed by atoms with Gasteiger partial charge in [-0.05, 0) is 35.4 Å². The summed E-state index contributed by atoms with van der Waals surface area (Å²) in [4.78, 5) is 7.94. The molecule has 0 amide bonds. The Kier molecular flexibility index (Phi) is 5.30. The van der Waals surface area contributed by atoms with Crippen LogP contribution < -0.4 is 0 Å². The van der Waals surface area contributed by atoms with Crippen LogP contribution >= 0.6 is 23.4 Å². The summed E-state index contributed by atoms with van der Waals surface area (Å²) in [5.41, 5.74) is 2.10. The van der Waals surface area contributed by atoms with E-state index in [2.05, 4.69) is 9.97 Å². The maximum Gasteiger partial charge on any atom is 0.433 e. The molecule has 7 heteroatoms. The number of benzene rings is 1. The second kappa shape index (κ2) is 7.45. The molecule has 3 aromatic rings. The minimum absolute atomic E-state index is 0.437. The van der Waals surface area contributed by atoms with Crippen molar-refractivity contribution in [1.82, 2.24) is 9.97 Å². The van der Waals surface area contributed by atoms with E-state index < -0.39 is 11.9 Å². The summed E-state index contributed by atoms with van der Waals surface area (Å²) in [6.07, 6.45) is -1.55. The van der Waals surface area contributed by atoms with Crippen molar-refractivity contribution in [2.75, 3.05) is 0 Å². The van der Waals surface area contributed by atoms with Gasteiger partial charge in [0.05, 0.1) is 0 Å². The Morgan fingerprint density at radius 3 is 2.28 bits per heavy atom. The molecule has 0 aliphatic rings. The van der Waals surface area contributed by atoms with Crippen LogP contribution in [0.5, 0.6) is 0 Å². The fraction of sp³-hybridized carbons (Fsp3) is 0.111. The highest BCUT2D eigenvalue weighted by Crippen LogP contribution is 2.31. The van der Waals surface area contributed by atoms with Crippen molar-refractivity contribution in [3.8, 4) is 11.1 Å². The predicted molar refractivity (Wildman–Crippen MR) is 93.5 cm³/mol. The smallest absolute Gasteiger partial charge is 0.252 e. The molecule has 0 radical (unpaired) electrons. The summed E-state index contributed by atoms with van der Waals surface area (Å²) in [6.45, 7) is 0. The largest absolute Gasteiger partial charge is 0.433 e. The van der Waals surface area contributed by atoms with Gasteiger partial charge in [-0.3, -0.25) is 4.98 Å². The van der Waals surface area contributed by atoms with Crippen LogP contribution in [-0.2, 0) is 11.9 Å². The Morgan fingerprint density at radius 2 is 1.64 bits per heavy atom. The molecule has 0 fully saturated rings. The van der Waals surface area contributed by atoms with Gasteiger partial charge >= 0.3 is 6.18 Å². The standard InChI is InChI=1S/C18H12ClF3N2S/c19-17-6-5-14(10-24-17)13-3-1-12(2-4-13)11-25-15-7-8-23-16(9-15)18(20,21)22/h1-10H,11H2. The van der Waals surface area contributed by atoms with E-state index in [0.717, 1.165) is 22.8 Å². The number of rotatable bonds is 4. The number of alkyl halides is 3. The summed E-state index contributed by atoms with van der Waals surface area (Å²) < 4.78 is 38.0. The Hall–Kier alpha value is -2.05. The lowest BCUT2D eigenvalue weighted by molar-refractivity contribution is -0.141. The lowest BCUT2D eigenvalue weighted by Crippen LogP contribution is -2.07. The van der Waals surface area contributed by atoms with Gasteiger partial charge in [-0.1, -0.05) is 35.9 Å². The van der Waals surface area contributed by atoms with Crippen LogP contribution in [0.3, 0.4) is 0 Å². The molecule has 2 nitrogen and oxygen atoms in total. The molecule has 0 aliphatic heterocycles. The number of pyridine rings is 2. The highest BCUT2D eigenvalue weighted by molar-refractivity contribution is 7.98. The number of thioether (sulfide) groups is 1. The summed E-state index contributed by atoms with van der Waals surface area (Å²) in [7, 11) is 0. The number of hydrogen-bond acceptors (Lipinski definition) is 3. The van der Waals surface area contributed by atoms with Crippen molar-refractivity contribution in [3.05, 3.63) is 77.3 Å². The van der Waals surface area contributed by atoms with Gasteiger partial charge in [0.1, 0.15) is 10.8 Å². The monoisotopic (exact) mass is 380 g/mol. The second-order valence-corrected chi connectivity index (χ2v) is 6.67. The van der Waals surface area contributed by atoms with E-state index in [4.69, 9.17) is 11.6 Å². The van der Waals surface area contributed by atoms with Crippen molar-refractivity contribution in [2.45, 2.75) is 16.8 Å². The Balaban J connectivity index is 1.67. The molecule has 128 valence electrons. The van der Waals surface area contributed by atoms with Crippen LogP contribution in [0.25, 0.3) is 11.1 Å². The van der Waals surface area contributed by atoms with E-state index >= 15 is 0 Å². The van der Waals surface area contributed by atoms with E-state index in [1.54, 1.807) is 18.3 Å². The predicted octanol–water partition coefficient (Wildman–Crippen LogP) is 6.11. The first-order chi connectivity index (χ1) is 11.9. The minimum atomic E-state index is -4.43. The Labute approximate surface area is 152 Å². The van der Waals surface area contributed by atoms with E-state index in [9.17, 15) is 13.2 Å². The molecule has 0 saturated heterocycles. The van der Waals surface area contributed by atoms with Crippen molar-refractivity contribution >= 4 is 23.4 Å². The van der Waals surface area contributed by atoms with Crippen LogP contribution in [0, 0.1) is 0 Å². The van der Waals surface area contributed by atoms with E-state index in [1.807, 2.05) is 30.3 Å². The van der Waals surface area contributed by atoms with Gasteiger partial charge in [-0.15, -0.1) is 11.8 Å². The average Bonchev–Trinajstić information content (AvgIpc) is 2.61. The SMILES string of the molecule is FC(F)(F)c1cc(SCc2ccc(-c3ccc(Cl)nc3)cc2)ccn1. The number of hydrogen-bond donors (Lipinski definition) is 0. The molecule has 0 unspecified atom stereocenters. The molecule has 0 bridgehead atoms. The van der Waals surface area contributed by atoms with Crippen LogP contribution in [-0.4, -0.2) is 9.97 Å². The van der Waals surface area contributed by atoms with Gasteiger partial charge in [0, 0.05) is 28.6 Å². The van der Waals surface area contributed by atoms with E-state index in [-0.39, 0.29) is 0 Å². The molecule has 0 spiro atoms.